The molecule has 7 rings (SSSR count). The van der Waals surface area contributed by atoms with Gasteiger partial charge in [-0.25, -0.2) is 0 Å². The molecule has 0 aromatic heterocycles. The normalized spacial score (nSPS) is 33.5. The van der Waals surface area contributed by atoms with Crippen molar-refractivity contribution in [3.63, 3.8) is 0 Å². The number of hydrogen-bond donors (Lipinski definition) is 31. The van der Waals surface area contributed by atoms with Gasteiger partial charge in [0.05, 0.1) is 117 Å². The standard InChI is InChI=1S/2C30H55N5O14.C29H51NO18/c2*1-4-31-19(36)8-6-5-7-9-32-20(37)14-35(15-21(38)33-10-12-46-29-27(44)25(42)23(40)17(2)48-29)16-22(39)34-11-13-47-30-28(45)26(43)24(41)18(3)49-30;1-2-30-17(34)8-4-3-6-13(33)7-5-9-43-28-25(42)26(48-29-24(41)22(39)19(36)15(11-32)46-29)20(37)16(47-28)12-44-27-23(40)21(38)18(35)14(10-31)45-27/h2*17-18,23-30,40-45H,4-16H2,1-3H3,(H,31,36)(H,32,37)(H,33,38)(H,34,39);14-16,18-29,31-32,35-42H,2-12H2,1H3,(H,30,34)/t2*17-,18-,23+,24+,25+,26+,27-,28-,29+,30+;14-,15-,16-,18-,19-,20-,21+,22+,23+,24+,25+,26+,27+,28+,29-/m001/s1. The number of carbonyl (C=O) groups is 10. The summed E-state index contributed by atoms with van der Waals surface area (Å²) < 4.78 is 76.2. The van der Waals surface area contributed by atoms with Crippen molar-refractivity contribution in [2.75, 3.05) is 151 Å². The van der Waals surface area contributed by atoms with Crippen molar-refractivity contribution in [3.8, 4) is 0 Å². The molecule has 31 N–H and O–H groups in total. The van der Waals surface area contributed by atoms with E-state index in [9.17, 15) is 160 Å². The van der Waals surface area contributed by atoms with Crippen LogP contribution in [0.5, 0.6) is 0 Å². The highest BCUT2D eigenvalue weighted by atomic mass is 16.8. The van der Waals surface area contributed by atoms with Gasteiger partial charge >= 0.3 is 0 Å². The molecule has 0 aromatic rings. The third-order valence-electron chi connectivity index (χ3n) is 24.2. The Balaban J connectivity index is 0.000000385. The Morgan fingerprint density at radius 2 is 0.493 bits per heavy atom. The van der Waals surface area contributed by atoms with Gasteiger partial charge in [-0.15, -0.1) is 0 Å². The Morgan fingerprint density at radius 3 is 0.808 bits per heavy atom. The molecule has 0 unspecified atom stereocenters. The first-order chi connectivity index (χ1) is 69.3. The number of nitrogens with zero attached hydrogens (tertiary/aromatic N) is 2. The van der Waals surface area contributed by atoms with Crippen LogP contribution in [-0.2, 0) is 114 Å². The van der Waals surface area contributed by atoms with Crippen LogP contribution in [0.4, 0.5) is 0 Å². The zero-order valence-corrected chi connectivity index (χ0v) is 83.4. The number of ketones is 1. The molecule has 0 spiro atoms. The van der Waals surface area contributed by atoms with Crippen LogP contribution >= 0.6 is 0 Å². The monoisotopic (exact) mass is 2120 g/mol. The van der Waals surface area contributed by atoms with Gasteiger partial charge in [0.2, 0.25) is 53.2 Å². The predicted octanol–water partition coefficient (Wildman–Crippen LogP) is -15.5. The molecule has 7 heterocycles. The summed E-state index contributed by atoms with van der Waals surface area (Å²) in [7, 11) is 0. The number of unbranched alkanes of at least 4 members (excludes halogenated alkanes) is 5. The third-order valence-corrected chi connectivity index (χ3v) is 24.2. The fourth-order valence-electron chi connectivity index (χ4n) is 15.7. The summed E-state index contributed by atoms with van der Waals surface area (Å²) in [5.41, 5.74) is 0. The first kappa shape index (κ1) is 130. The van der Waals surface area contributed by atoms with Crippen LogP contribution in [0.15, 0.2) is 0 Å². The lowest BCUT2D eigenvalue weighted by atomic mass is 9.96. The number of nitrogens with one attached hydrogen (secondary N) is 9. The maximum absolute atomic E-state index is 12.7. The average Bonchev–Trinajstić information content (AvgIpc) is 0.779. The number of ether oxygens (including phenoxy) is 14. The summed E-state index contributed by atoms with van der Waals surface area (Å²) in [5.74, 6) is -3.20. The molecule has 9 amide bonds. The van der Waals surface area contributed by atoms with Crippen molar-refractivity contribution in [2.24, 2.45) is 0 Å². The highest BCUT2D eigenvalue weighted by molar-refractivity contribution is 5.85. The van der Waals surface area contributed by atoms with E-state index in [1.807, 2.05) is 20.8 Å². The van der Waals surface area contributed by atoms with Crippen LogP contribution in [0.3, 0.4) is 0 Å². The van der Waals surface area contributed by atoms with E-state index in [0.29, 0.717) is 90.5 Å². The number of hydrogen-bond acceptors (Lipinski definition) is 48. The zero-order valence-electron chi connectivity index (χ0n) is 83.4. The predicted molar refractivity (Wildman–Crippen MR) is 495 cm³/mol. The molecule has 0 aromatic carbocycles. The van der Waals surface area contributed by atoms with Gasteiger partial charge in [0.1, 0.15) is 152 Å². The second-order valence-electron chi connectivity index (χ2n) is 36.2. The largest absolute Gasteiger partial charge is 0.394 e. The van der Waals surface area contributed by atoms with Crippen molar-refractivity contribution < 1.29 is 227 Å². The number of amides is 9. The smallest absolute Gasteiger partial charge is 0.234 e. The van der Waals surface area contributed by atoms with Crippen LogP contribution in [0.25, 0.3) is 0 Å². The average molecular weight is 2120 g/mol. The minimum Gasteiger partial charge on any atom is -0.394 e. The molecule has 57 heteroatoms. The summed E-state index contributed by atoms with van der Waals surface area (Å²) in [5, 5.41) is 245. The summed E-state index contributed by atoms with van der Waals surface area (Å²) in [6.45, 7) is 9.19. The lowest BCUT2D eigenvalue weighted by Gasteiger charge is -2.46. The Labute approximate surface area is 844 Å². The van der Waals surface area contributed by atoms with E-state index in [-0.39, 0.29) is 141 Å². The Hall–Kier alpha value is -6.62. The van der Waals surface area contributed by atoms with Crippen LogP contribution in [0.1, 0.15) is 138 Å². The quantitative estimate of drug-likeness (QED) is 0.0251. The highest BCUT2D eigenvalue weighted by Gasteiger charge is 2.54. The van der Waals surface area contributed by atoms with E-state index >= 15 is 0 Å². The number of aliphatic hydroxyl groups excluding tert-OH is 22. The van der Waals surface area contributed by atoms with Gasteiger partial charge in [-0.05, 0) is 93.4 Å². The van der Waals surface area contributed by atoms with Crippen LogP contribution in [0, 0.1) is 0 Å². The summed E-state index contributed by atoms with van der Waals surface area (Å²) in [6, 6.07) is 0. The van der Waals surface area contributed by atoms with Gasteiger partial charge in [-0.1, -0.05) is 12.8 Å². The molecule has 57 nitrogen and oxygen atoms in total. The van der Waals surface area contributed by atoms with E-state index in [2.05, 4.69) is 47.9 Å². The molecular formula is C89H161N11O46. The molecule has 7 fully saturated rings. The van der Waals surface area contributed by atoms with E-state index in [1.165, 1.54) is 37.5 Å². The van der Waals surface area contributed by atoms with Gasteiger partial charge in [-0.2, -0.15) is 0 Å². The lowest BCUT2D eigenvalue weighted by Crippen LogP contribution is -2.65. The minimum absolute atomic E-state index is 0.0295. The molecule has 7 saturated heterocycles. The number of Topliss-reactive ketones (excluding diaryl/α,β-unsaturated/α-hetero) is 1. The first-order valence-electron chi connectivity index (χ1n) is 49.5. The van der Waals surface area contributed by atoms with Gasteiger partial charge in [0.25, 0.3) is 0 Å². The third kappa shape index (κ3) is 44.6. The maximum atomic E-state index is 12.7. The minimum atomic E-state index is -1.87. The van der Waals surface area contributed by atoms with Crippen LogP contribution < -0.4 is 47.9 Å². The van der Waals surface area contributed by atoms with Crippen molar-refractivity contribution in [2.45, 2.75) is 353 Å². The fraction of sp³-hybridized carbons (Fsp3) is 0.888. The number of carbonyl (C=O) groups excluding carboxylic acids is 10. The fourth-order valence-corrected chi connectivity index (χ4v) is 15.7. The Kier molecular flexibility index (Phi) is 61.5. The molecule has 35 atom stereocenters. The molecular weight excluding hydrogens is 1960 g/mol. The molecule has 7 aliphatic rings. The molecule has 0 aliphatic carbocycles. The molecule has 146 heavy (non-hydrogen) atoms. The van der Waals surface area contributed by atoms with Crippen LogP contribution in [0.2, 0.25) is 0 Å². The van der Waals surface area contributed by atoms with Gasteiger partial charge in [0.15, 0.2) is 44.0 Å². The SMILES string of the molecule is CCNC(=O)CCCCC(=O)CCCO[C@H]1O[C@H](CO[C@H]2O[C@H](CO)[C@@H](O)[C@H](O)[C@@H]2O)[C@@H](O)[C@H](O[C@H]2O[C@H](CO)[C@@H](O)[C@H](O)[C@@H]2O)[C@@H]1O.CCNC(=O)CCCCCNC(=O)CN(CC(=O)NCCO[C@@H]1O[C@@H](C)[C@@H](O)[C@@H](O)[C@@H]1O)CC(=O)NCCO[C@@H]1O[C@@H](C)[C@@H](O)[C@@H](O)[C@@H]1O.CCNC(=O)CCCCCNC(=O)CN(CC(=O)NCCO[C@@H]1O[C@@H](C)[C@@H](O)[C@@H](O)[C@@H]1O)CC(=O)NCCO[C@@H]1O[C@@H](C)[C@@H](O)[C@@H](O)[C@@H]1O. The summed E-state index contributed by atoms with van der Waals surface area (Å²) >= 11 is 0. The molecule has 7 aliphatic heterocycles. The van der Waals surface area contributed by atoms with E-state index < -0.39 is 270 Å². The number of aliphatic hydroxyl groups is 22. The van der Waals surface area contributed by atoms with Crippen molar-refractivity contribution >= 4 is 58.9 Å². The zero-order chi connectivity index (χ0) is 109. The number of rotatable bonds is 60. The second-order valence-corrected chi connectivity index (χ2v) is 36.2. The van der Waals surface area contributed by atoms with E-state index in [4.69, 9.17) is 66.3 Å². The van der Waals surface area contributed by atoms with Crippen LogP contribution in [-0.4, -0.2) is 547 Å². The Morgan fingerprint density at radius 1 is 0.240 bits per heavy atom. The molecule has 848 valence electrons. The van der Waals surface area contributed by atoms with Crippen molar-refractivity contribution in [1.29, 1.82) is 0 Å². The van der Waals surface area contributed by atoms with Gasteiger partial charge in [0, 0.05) is 91.0 Å². The lowest BCUT2D eigenvalue weighted by molar-refractivity contribution is -0.366. The molecule has 0 bridgehead atoms. The maximum Gasteiger partial charge on any atom is 0.234 e. The summed E-state index contributed by atoms with van der Waals surface area (Å²) in [6.07, 6.45) is -42.9. The Bertz CT molecular complexity index is 3500. The topological polar surface area (TPSA) is 860 Å². The highest BCUT2D eigenvalue weighted by Crippen LogP contribution is 2.33. The van der Waals surface area contributed by atoms with E-state index in [0.717, 1.165) is 12.8 Å². The van der Waals surface area contributed by atoms with Crippen molar-refractivity contribution in [3.05, 3.63) is 0 Å². The van der Waals surface area contributed by atoms with Crippen molar-refractivity contribution in [1.82, 2.24) is 57.7 Å². The van der Waals surface area contributed by atoms with E-state index in [1.54, 1.807) is 0 Å². The molecule has 0 saturated carbocycles. The molecule has 0 radical (unpaired) electrons. The summed E-state index contributed by atoms with van der Waals surface area (Å²) in [4.78, 5) is 126. The first-order valence-corrected chi connectivity index (χ1v) is 49.5. The van der Waals surface area contributed by atoms with Gasteiger partial charge < -0.3 is 227 Å². The van der Waals surface area contributed by atoms with Gasteiger partial charge in [-0.3, -0.25) is 57.7 Å². The second kappa shape index (κ2) is 69.1.